The van der Waals surface area contributed by atoms with Gasteiger partial charge in [0.05, 0.1) is 12.3 Å². The van der Waals surface area contributed by atoms with Gasteiger partial charge in [-0.2, -0.15) is 5.10 Å². The van der Waals surface area contributed by atoms with Gasteiger partial charge in [-0.1, -0.05) is 29.5 Å². The Labute approximate surface area is 108 Å². The third kappa shape index (κ3) is 2.84. The monoisotopic (exact) mass is 263 g/mol. The summed E-state index contributed by atoms with van der Waals surface area (Å²) >= 11 is 1.21. The van der Waals surface area contributed by atoms with Gasteiger partial charge in [0, 0.05) is 7.05 Å². The molecule has 0 aliphatic heterocycles. The SMILES string of the molecule is CCOC(=O)c1nn(C)c(=Nc2ccccc2)s1. The quantitative estimate of drug-likeness (QED) is 0.795. The fraction of sp³-hybridized carbons (Fsp3) is 0.250. The molecule has 0 aliphatic carbocycles. The van der Waals surface area contributed by atoms with Gasteiger partial charge in [-0.15, -0.1) is 0 Å². The molecule has 0 atom stereocenters. The second-order valence-electron chi connectivity index (χ2n) is 3.48. The highest BCUT2D eigenvalue weighted by molar-refractivity contribution is 7.10. The van der Waals surface area contributed by atoms with Crippen molar-refractivity contribution < 1.29 is 9.53 Å². The van der Waals surface area contributed by atoms with Crippen molar-refractivity contribution in [2.45, 2.75) is 6.92 Å². The zero-order valence-corrected chi connectivity index (χ0v) is 11.0. The lowest BCUT2D eigenvalue weighted by atomic mass is 10.3. The Balaban J connectivity index is 2.35. The first-order valence-corrected chi connectivity index (χ1v) is 6.33. The van der Waals surface area contributed by atoms with E-state index in [1.807, 2.05) is 30.3 Å². The maximum absolute atomic E-state index is 11.5. The number of hydrogen-bond acceptors (Lipinski definition) is 5. The van der Waals surface area contributed by atoms with E-state index in [1.165, 1.54) is 11.3 Å². The fourth-order valence-electron chi connectivity index (χ4n) is 1.34. The average Bonchev–Trinajstić information content (AvgIpc) is 2.73. The molecule has 0 radical (unpaired) electrons. The van der Waals surface area contributed by atoms with Crippen molar-refractivity contribution in [3.05, 3.63) is 40.1 Å². The molecule has 18 heavy (non-hydrogen) atoms. The van der Waals surface area contributed by atoms with Crippen molar-refractivity contribution >= 4 is 23.0 Å². The van der Waals surface area contributed by atoms with Crippen LogP contribution in [0.1, 0.15) is 16.7 Å². The third-order valence-corrected chi connectivity index (χ3v) is 3.12. The largest absolute Gasteiger partial charge is 0.461 e. The molecule has 0 unspecified atom stereocenters. The van der Waals surface area contributed by atoms with E-state index < -0.39 is 5.97 Å². The zero-order valence-electron chi connectivity index (χ0n) is 10.2. The molecule has 0 fully saturated rings. The number of hydrogen-bond donors (Lipinski definition) is 0. The normalized spacial score (nSPS) is 11.6. The zero-order chi connectivity index (χ0) is 13.0. The number of rotatable bonds is 3. The average molecular weight is 263 g/mol. The van der Waals surface area contributed by atoms with Gasteiger partial charge in [-0.05, 0) is 19.1 Å². The number of carbonyl (C=O) groups excluding carboxylic acids is 1. The van der Waals surface area contributed by atoms with E-state index >= 15 is 0 Å². The minimum absolute atomic E-state index is 0.314. The van der Waals surface area contributed by atoms with Crippen molar-refractivity contribution in [1.29, 1.82) is 0 Å². The van der Waals surface area contributed by atoms with E-state index in [2.05, 4.69) is 10.1 Å². The molecule has 0 spiro atoms. The Kier molecular flexibility index (Phi) is 3.88. The topological polar surface area (TPSA) is 56.5 Å². The summed E-state index contributed by atoms with van der Waals surface area (Å²) in [6.45, 7) is 2.11. The van der Waals surface area contributed by atoms with E-state index in [0.29, 0.717) is 16.4 Å². The van der Waals surface area contributed by atoms with Gasteiger partial charge in [0.2, 0.25) is 9.81 Å². The van der Waals surface area contributed by atoms with Crippen LogP contribution in [-0.4, -0.2) is 22.4 Å². The molecule has 1 heterocycles. The Morgan fingerprint density at radius 1 is 1.44 bits per heavy atom. The third-order valence-electron chi connectivity index (χ3n) is 2.14. The van der Waals surface area contributed by atoms with Crippen LogP contribution >= 0.6 is 11.3 Å². The molecule has 5 nitrogen and oxygen atoms in total. The highest BCUT2D eigenvalue weighted by Crippen LogP contribution is 2.09. The molecule has 1 aromatic carbocycles. The highest BCUT2D eigenvalue weighted by Gasteiger charge is 2.12. The first-order chi connectivity index (χ1) is 8.70. The summed E-state index contributed by atoms with van der Waals surface area (Å²) in [5.41, 5.74) is 0.826. The Morgan fingerprint density at radius 3 is 2.83 bits per heavy atom. The molecule has 0 saturated heterocycles. The number of benzene rings is 1. The van der Waals surface area contributed by atoms with Crippen molar-refractivity contribution in [2.75, 3.05) is 6.61 Å². The van der Waals surface area contributed by atoms with Gasteiger partial charge in [-0.3, -0.25) is 0 Å². The number of aryl methyl sites for hydroxylation is 1. The molecule has 0 bridgehead atoms. The van der Waals surface area contributed by atoms with Gasteiger partial charge in [0.1, 0.15) is 0 Å². The van der Waals surface area contributed by atoms with Crippen molar-refractivity contribution in [1.82, 2.24) is 9.78 Å². The van der Waals surface area contributed by atoms with Crippen LogP contribution in [0.25, 0.3) is 0 Å². The van der Waals surface area contributed by atoms with Crippen LogP contribution in [0, 0.1) is 0 Å². The summed E-state index contributed by atoms with van der Waals surface area (Å²) in [6, 6.07) is 9.53. The van der Waals surface area contributed by atoms with Crippen LogP contribution in [-0.2, 0) is 11.8 Å². The second-order valence-corrected chi connectivity index (χ2v) is 4.44. The van der Waals surface area contributed by atoms with Gasteiger partial charge < -0.3 is 4.74 Å². The lowest BCUT2D eigenvalue weighted by Crippen LogP contribution is -2.11. The second kappa shape index (κ2) is 5.59. The molecule has 2 rings (SSSR count). The summed E-state index contributed by atoms with van der Waals surface area (Å²) in [5.74, 6) is -0.410. The number of carbonyl (C=O) groups is 1. The lowest BCUT2D eigenvalue weighted by molar-refractivity contribution is 0.0524. The van der Waals surface area contributed by atoms with E-state index in [-0.39, 0.29) is 0 Å². The summed E-state index contributed by atoms with van der Waals surface area (Å²) in [4.78, 5) is 16.6. The van der Waals surface area contributed by atoms with E-state index in [9.17, 15) is 4.79 Å². The summed E-state index contributed by atoms with van der Waals surface area (Å²) in [7, 11) is 1.75. The number of nitrogens with zero attached hydrogens (tertiary/aromatic N) is 3. The van der Waals surface area contributed by atoms with Gasteiger partial charge >= 0.3 is 5.97 Å². The van der Waals surface area contributed by atoms with E-state index in [1.54, 1.807) is 18.7 Å². The lowest BCUT2D eigenvalue weighted by Gasteiger charge is -1.94. The summed E-state index contributed by atoms with van der Waals surface area (Å²) in [6.07, 6.45) is 0. The number of ether oxygens (including phenoxy) is 1. The smallest absolute Gasteiger partial charge is 0.369 e. The standard InChI is InChI=1S/C12H13N3O2S/c1-3-17-11(16)10-14-15(2)12(18-10)13-9-7-5-4-6-8-9/h4-8H,3H2,1-2H3. The van der Waals surface area contributed by atoms with E-state index in [4.69, 9.17) is 4.74 Å². The van der Waals surface area contributed by atoms with E-state index in [0.717, 1.165) is 5.69 Å². The Hall–Kier alpha value is -1.95. The molecule has 94 valence electrons. The van der Waals surface area contributed by atoms with Crippen molar-refractivity contribution in [3.63, 3.8) is 0 Å². The minimum Gasteiger partial charge on any atom is -0.461 e. The number of para-hydroxylation sites is 1. The molecule has 0 amide bonds. The van der Waals surface area contributed by atoms with Crippen molar-refractivity contribution in [2.24, 2.45) is 12.0 Å². The van der Waals surface area contributed by atoms with Crippen LogP contribution in [0.15, 0.2) is 35.3 Å². The fourth-order valence-corrected chi connectivity index (χ4v) is 2.14. The molecule has 1 aromatic heterocycles. The predicted molar refractivity (Wildman–Crippen MR) is 68.7 cm³/mol. The molecule has 2 aromatic rings. The van der Waals surface area contributed by atoms with Gasteiger partial charge in [0.25, 0.3) is 0 Å². The van der Waals surface area contributed by atoms with Crippen LogP contribution in [0.3, 0.4) is 0 Å². The van der Waals surface area contributed by atoms with Crippen LogP contribution < -0.4 is 4.80 Å². The van der Waals surface area contributed by atoms with Gasteiger partial charge in [0.15, 0.2) is 0 Å². The van der Waals surface area contributed by atoms with Crippen LogP contribution in [0.5, 0.6) is 0 Å². The summed E-state index contributed by atoms with van der Waals surface area (Å²) < 4.78 is 6.47. The number of aromatic nitrogens is 2. The predicted octanol–water partition coefficient (Wildman–Crippen LogP) is 1.89. The first kappa shape index (κ1) is 12.5. The molecular weight excluding hydrogens is 250 g/mol. The van der Waals surface area contributed by atoms with Crippen LogP contribution in [0.4, 0.5) is 5.69 Å². The number of esters is 1. The molecule has 0 saturated carbocycles. The molecule has 6 heteroatoms. The first-order valence-electron chi connectivity index (χ1n) is 5.51. The van der Waals surface area contributed by atoms with Crippen molar-refractivity contribution in [3.8, 4) is 0 Å². The maximum Gasteiger partial charge on any atom is 0.369 e. The Bertz CT molecular complexity index is 601. The molecule has 0 aliphatic rings. The highest BCUT2D eigenvalue weighted by atomic mass is 32.1. The minimum atomic E-state index is -0.410. The van der Waals surface area contributed by atoms with Gasteiger partial charge in [-0.25, -0.2) is 14.5 Å². The molecule has 0 N–H and O–H groups in total. The Morgan fingerprint density at radius 2 is 2.17 bits per heavy atom. The van der Waals surface area contributed by atoms with Crippen LogP contribution in [0.2, 0.25) is 0 Å². The summed E-state index contributed by atoms with van der Waals surface area (Å²) in [5, 5.41) is 4.41. The maximum atomic E-state index is 11.5. The molecular formula is C12H13N3O2S.